The van der Waals surface area contributed by atoms with Crippen LogP contribution in [-0.2, 0) is 4.74 Å². The Morgan fingerprint density at radius 2 is 2.13 bits per heavy atom. The fourth-order valence-electron chi connectivity index (χ4n) is 1.70. The molecule has 1 aromatic carbocycles. The van der Waals surface area contributed by atoms with Gasteiger partial charge in [-0.1, -0.05) is 46.3 Å². The van der Waals surface area contributed by atoms with Crippen LogP contribution in [0.25, 0.3) is 0 Å². The van der Waals surface area contributed by atoms with E-state index in [0.717, 1.165) is 12.0 Å². The highest BCUT2D eigenvalue weighted by Crippen LogP contribution is 2.24. The van der Waals surface area contributed by atoms with E-state index in [9.17, 15) is 4.79 Å². The van der Waals surface area contributed by atoms with Crippen LogP contribution in [0.1, 0.15) is 18.0 Å². The molecule has 1 fully saturated rings. The highest BCUT2D eigenvalue weighted by molar-refractivity contribution is 9.09. The molecule has 1 amide bonds. The predicted molar refractivity (Wildman–Crippen MR) is 61.0 cm³/mol. The summed E-state index contributed by atoms with van der Waals surface area (Å²) in [5.41, 5.74) is 1.13. The summed E-state index contributed by atoms with van der Waals surface area (Å²) in [6.07, 6.45) is 0.435. The smallest absolute Gasteiger partial charge is 0.407 e. The van der Waals surface area contributed by atoms with E-state index in [1.54, 1.807) is 0 Å². The highest BCUT2D eigenvalue weighted by Gasteiger charge is 2.27. The monoisotopic (exact) mass is 269 g/mol. The molecule has 0 spiro atoms. The summed E-state index contributed by atoms with van der Waals surface area (Å²) in [6.45, 7) is 0. The van der Waals surface area contributed by atoms with Crippen molar-refractivity contribution in [3.63, 3.8) is 0 Å². The SMILES string of the molecule is O=C1N[C@@H](c2ccccc2)C[C@@H](CBr)O1. The Labute approximate surface area is 96.9 Å². The minimum absolute atomic E-state index is 0.0380. The summed E-state index contributed by atoms with van der Waals surface area (Å²) in [7, 11) is 0. The zero-order chi connectivity index (χ0) is 10.7. The fraction of sp³-hybridized carbons (Fsp3) is 0.364. The number of cyclic esters (lactones) is 1. The van der Waals surface area contributed by atoms with Gasteiger partial charge in [-0.3, -0.25) is 0 Å². The summed E-state index contributed by atoms with van der Waals surface area (Å²) in [6, 6.07) is 10.0. The third-order valence-electron chi connectivity index (χ3n) is 2.44. The van der Waals surface area contributed by atoms with Crippen LogP contribution in [0.3, 0.4) is 0 Å². The summed E-state index contributed by atoms with van der Waals surface area (Å²) in [4.78, 5) is 11.3. The molecule has 1 aliphatic rings. The Hall–Kier alpha value is -1.03. The van der Waals surface area contributed by atoms with E-state index in [1.165, 1.54) is 0 Å². The first kappa shape index (κ1) is 10.5. The summed E-state index contributed by atoms with van der Waals surface area (Å²) in [5.74, 6) is 0. The van der Waals surface area contributed by atoms with Crippen LogP contribution in [0.2, 0.25) is 0 Å². The van der Waals surface area contributed by atoms with E-state index in [0.29, 0.717) is 5.33 Å². The maximum Gasteiger partial charge on any atom is 0.407 e. The molecule has 1 saturated heterocycles. The van der Waals surface area contributed by atoms with Crippen LogP contribution < -0.4 is 5.32 Å². The van der Waals surface area contributed by atoms with Gasteiger partial charge in [-0.05, 0) is 5.56 Å². The van der Waals surface area contributed by atoms with Crippen LogP contribution in [-0.4, -0.2) is 17.5 Å². The number of carbonyl (C=O) groups is 1. The molecule has 0 unspecified atom stereocenters. The normalized spacial score (nSPS) is 25.5. The number of alkyl carbamates (subject to hydrolysis) is 1. The molecular weight excluding hydrogens is 258 g/mol. The first-order valence-electron chi connectivity index (χ1n) is 4.87. The molecule has 0 aliphatic carbocycles. The van der Waals surface area contributed by atoms with E-state index in [-0.39, 0.29) is 18.2 Å². The lowest BCUT2D eigenvalue weighted by Gasteiger charge is -2.29. The number of amides is 1. The second-order valence-corrected chi connectivity index (χ2v) is 4.17. The Morgan fingerprint density at radius 1 is 1.40 bits per heavy atom. The van der Waals surface area contributed by atoms with Crippen molar-refractivity contribution in [2.45, 2.75) is 18.6 Å². The second-order valence-electron chi connectivity index (χ2n) is 3.52. The van der Waals surface area contributed by atoms with Gasteiger partial charge in [0, 0.05) is 11.8 Å². The molecule has 2 atom stereocenters. The molecule has 0 bridgehead atoms. The Balaban J connectivity index is 2.12. The Morgan fingerprint density at radius 3 is 2.80 bits per heavy atom. The van der Waals surface area contributed by atoms with Gasteiger partial charge in [0.15, 0.2) is 0 Å². The van der Waals surface area contributed by atoms with Crippen molar-refractivity contribution < 1.29 is 9.53 Å². The average molecular weight is 270 g/mol. The van der Waals surface area contributed by atoms with Gasteiger partial charge in [0.1, 0.15) is 6.10 Å². The minimum Gasteiger partial charge on any atom is -0.445 e. The van der Waals surface area contributed by atoms with Gasteiger partial charge >= 0.3 is 6.09 Å². The summed E-state index contributed by atoms with van der Waals surface area (Å²) in [5, 5.41) is 3.50. The maximum atomic E-state index is 11.3. The molecule has 1 aromatic rings. The molecule has 80 valence electrons. The van der Waals surface area contributed by atoms with Gasteiger partial charge in [-0.15, -0.1) is 0 Å². The maximum absolute atomic E-state index is 11.3. The molecule has 4 heteroatoms. The third kappa shape index (κ3) is 2.50. The number of hydrogen-bond acceptors (Lipinski definition) is 2. The molecular formula is C11H12BrNO2. The topological polar surface area (TPSA) is 38.3 Å². The quantitative estimate of drug-likeness (QED) is 0.839. The van der Waals surface area contributed by atoms with E-state index in [4.69, 9.17) is 4.74 Å². The van der Waals surface area contributed by atoms with Crippen LogP contribution >= 0.6 is 15.9 Å². The second kappa shape index (κ2) is 4.66. The van der Waals surface area contributed by atoms with Crippen molar-refractivity contribution in [1.82, 2.24) is 5.32 Å². The van der Waals surface area contributed by atoms with Gasteiger partial charge in [-0.25, -0.2) is 4.79 Å². The zero-order valence-corrected chi connectivity index (χ0v) is 9.74. The first-order valence-corrected chi connectivity index (χ1v) is 6.00. The van der Waals surface area contributed by atoms with Crippen LogP contribution in [0.4, 0.5) is 4.79 Å². The number of alkyl halides is 1. The number of nitrogens with one attached hydrogen (secondary N) is 1. The molecule has 3 nitrogen and oxygen atoms in total. The van der Waals surface area contributed by atoms with Crippen molar-refractivity contribution in [2.75, 3.05) is 5.33 Å². The number of hydrogen-bond donors (Lipinski definition) is 1. The van der Waals surface area contributed by atoms with E-state index in [2.05, 4.69) is 21.2 Å². The molecule has 0 aromatic heterocycles. The van der Waals surface area contributed by atoms with Crippen molar-refractivity contribution in [1.29, 1.82) is 0 Å². The minimum atomic E-state index is -0.334. The molecule has 15 heavy (non-hydrogen) atoms. The average Bonchev–Trinajstić information content (AvgIpc) is 2.29. The molecule has 0 saturated carbocycles. The molecule has 1 aliphatic heterocycles. The molecule has 1 N–H and O–H groups in total. The zero-order valence-electron chi connectivity index (χ0n) is 8.15. The highest BCUT2D eigenvalue weighted by atomic mass is 79.9. The van der Waals surface area contributed by atoms with E-state index in [1.807, 2.05) is 30.3 Å². The van der Waals surface area contributed by atoms with Crippen LogP contribution in [0, 0.1) is 0 Å². The summed E-state index contributed by atoms with van der Waals surface area (Å²) < 4.78 is 5.09. The van der Waals surface area contributed by atoms with Gasteiger partial charge in [-0.2, -0.15) is 0 Å². The standard InChI is InChI=1S/C11H12BrNO2/c12-7-9-6-10(13-11(14)15-9)8-4-2-1-3-5-8/h1-5,9-10H,6-7H2,(H,13,14)/t9-,10+/m0/s1. The van der Waals surface area contributed by atoms with Gasteiger partial charge in [0.25, 0.3) is 0 Å². The number of rotatable bonds is 2. The van der Waals surface area contributed by atoms with Gasteiger partial charge in [0.05, 0.1) is 6.04 Å². The van der Waals surface area contributed by atoms with E-state index < -0.39 is 0 Å². The lowest BCUT2D eigenvalue weighted by molar-refractivity contribution is 0.0715. The van der Waals surface area contributed by atoms with Gasteiger partial charge in [0.2, 0.25) is 0 Å². The van der Waals surface area contributed by atoms with Gasteiger partial charge < -0.3 is 10.1 Å². The number of carbonyl (C=O) groups excluding carboxylic acids is 1. The first-order chi connectivity index (χ1) is 7.29. The number of benzene rings is 1. The van der Waals surface area contributed by atoms with Crippen molar-refractivity contribution >= 4 is 22.0 Å². The molecule has 1 heterocycles. The molecule has 0 radical (unpaired) electrons. The number of halogens is 1. The fourth-order valence-corrected chi connectivity index (χ4v) is 2.09. The van der Waals surface area contributed by atoms with Crippen LogP contribution in [0.5, 0.6) is 0 Å². The third-order valence-corrected chi connectivity index (χ3v) is 3.16. The Bertz CT molecular complexity index is 342. The van der Waals surface area contributed by atoms with Crippen molar-refractivity contribution in [2.24, 2.45) is 0 Å². The Kier molecular flexibility index (Phi) is 3.26. The lowest BCUT2D eigenvalue weighted by atomic mass is 10.0. The largest absolute Gasteiger partial charge is 0.445 e. The summed E-state index contributed by atoms with van der Waals surface area (Å²) >= 11 is 3.33. The molecule has 2 rings (SSSR count). The lowest BCUT2D eigenvalue weighted by Crippen LogP contribution is -2.41. The predicted octanol–water partition coefficient (Wildman–Crippen LogP) is 2.62. The van der Waals surface area contributed by atoms with E-state index >= 15 is 0 Å². The van der Waals surface area contributed by atoms with Crippen molar-refractivity contribution in [3.05, 3.63) is 35.9 Å². The van der Waals surface area contributed by atoms with Crippen LogP contribution in [0.15, 0.2) is 30.3 Å². The van der Waals surface area contributed by atoms with Crippen molar-refractivity contribution in [3.8, 4) is 0 Å². The number of ether oxygens (including phenoxy) is 1.